The van der Waals surface area contributed by atoms with E-state index in [1.54, 1.807) is 31.6 Å². The molecule has 0 aliphatic rings. The van der Waals surface area contributed by atoms with Crippen molar-refractivity contribution in [3.63, 3.8) is 0 Å². The first-order valence-electron chi connectivity index (χ1n) is 6.90. The molecule has 0 bridgehead atoms. The van der Waals surface area contributed by atoms with Gasteiger partial charge in [-0.2, -0.15) is 0 Å². The van der Waals surface area contributed by atoms with Crippen LogP contribution in [-0.2, 0) is 0 Å². The van der Waals surface area contributed by atoms with Gasteiger partial charge in [-0.1, -0.05) is 18.2 Å². The number of fused-ring (bicyclic) bond motifs is 1. The van der Waals surface area contributed by atoms with Crippen molar-refractivity contribution < 1.29 is 9.84 Å². The lowest BCUT2D eigenvalue weighted by Crippen LogP contribution is -2.15. The van der Waals surface area contributed by atoms with E-state index in [1.165, 1.54) is 0 Å². The summed E-state index contributed by atoms with van der Waals surface area (Å²) in [7, 11) is 1.55. The third kappa shape index (κ3) is 2.96. The van der Waals surface area contributed by atoms with E-state index in [-0.39, 0.29) is 6.54 Å². The summed E-state index contributed by atoms with van der Waals surface area (Å²) in [6.45, 7) is 0.242. The standard InChI is InChI=1S/C16H16N4O2/c1-22-14-7-4-8-17-15(14)13(21)10-19-16-18-9-11-5-2-3-6-12(11)20-16/h2-9,13,21H,10H2,1H3,(H,18,19,20). The zero-order valence-corrected chi connectivity index (χ0v) is 12.1. The zero-order chi connectivity index (χ0) is 15.4. The Morgan fingerprint density at radius 2 is 2.05 bits per heavy atom. The summed E-state index contributed by atoms with van der Waals surface area (Å²) in [5.41, 5.74) is 1.34. The minimum atomic E-state index is -0.814. The molecule has 2 aromatic heterocycles. The number of ether oxygens (including phenoxy) is 1. The van der Waals surface area contributed by atoms with Crippen LogP contribution in [0.5, 0.6) is 5.75 Å². The van der Waals surface area contributed by atoms with Crippen molar-refractivity contribution >= 4 is 16.9 Å². The fourth-order valence-corrected chi connectivity index (χ4v) is 2.17. The van der Waals surface area contributed by atoms with Gasteiger partial charge in [0.1, 0.15) is 17.5 Å². The highest BCUT2D eigenvalue weighted by atomic mass is 16.5. The number of benzene rings is 1. The van der Waals surface area contributed by atoms with Gasteiger partial charge in [0.2, 0.25) is 5.95 Å². The largest absolute Gasteiger partial charge is 0.495 e. The van der Waals surface area contributed by atoms with E-state index in [4.69, 9.17) is 4.74 Å². The van der Waals surface area contributed by atoms with Gasteiger partial charge in [-0.3, -0.25) is 4.98 Å². The molecule has 0 saturated carbocycles. The molecule has 22 heavy (non-hydrogen) atoms. The maximum Gasteiger partial charge on any atom is 0.223 e. The summed E-state index contributed by atoms with van der Waals surface area (Å²) in [5, 5.41) is 14.2. The molecule has 3 aromatic rings. The Balaban J connectivity index is 1.73. The van der Waals surface area contributed by atoms with Crippen molar-refractivity contribution in [1.82, 2.24) is 15.0 Å². The second kappa shape index (κ2) is 6.36. The van der Waals surface area contributed by atoms with Gasteiger partial charge in [-0.05, 0) is 18.2 Å². The number of para-hydroxylation sites is 1. The number of hydrogen-bond donors (Lipinski definition) is 2. The van der Waals surface area contributed by atoms with E-state index in [0.717, 1.165) is 10.9 Å². The molecule has 0 spiro atoms. The van der Waals surface area contributed by atoms with Crippen LogP contribution in [0.1, 0.15) is 11.8 Å². The molecule has 0 radical (unpaired) electrons. The Bertz CT molecular complexity index is 779. The van der Waals surface area contributed by atoms with E-state index in [1.807, 2.05) is 24.3 Å². The Hall–Kier alpha value is -2.73. The Labute approximate surface area is 127 Å². The number of aromatic nitrogens is 3. The minimum absolute atomic E-state index is 0.242. The quantitative estimate of drug-likeness (QED) is 0.751. The van der Waals surface area contributed by atoms with Gasteiger partial charge in [-0.25, -0.2) is 9.97 Å². The van der Waals surface area contributed by atoms with Gasteiger partial charge < -0.3 is 15.2 Å². The van der Waals surface area contributed by atoms with Crippen LogP contribution in [0.25, 0.3) is 10.9 Å². The van der Waals surface area contributed by atoms with Crippen molar-refractivity contribution in [1.29, 1.82) is 0 Å². The van der Waals surface area contributed by atoms with Crippen LogP contribution in [0.3, 0.4) is 0 Å². The van der Waals surface area contributed by atoms with Crippen LogP contribution in [-0.4, -0.2) is 33.7 Å². The van der Waals surface area contributed by atoms with Crippen molar-refractivity contribution in [2.75, 3.05) is 19.0 Å². The summed E-state index contributed by atoms with van der Waals surface area (Å²) in [4.78, 5) is 12.8. The van der Waals surface area contributed by atoms with Gasteiger partial charge >= 0.3 is 0 Å². The normalized spacial score (nSPS) is 12.1. The molecule has 1 unspecified atom stereocenters. The predicted octanol–water partition coefficient (Wildman–Crippen LogP) is 2.18. The predicted molar refractivity (Wildman–Crippen MR) is 83.8 cm³/mol. The molecule has 1 atom stereocenters. The van der Waals surface area contributed by atoms with E-state index in [0.29, 0.717) is 17.4 Å². The van der Waals surface area contributed by atoms with Gasteiger partial charge in [0.25, 0.3) is 0 Å². The topological polar surface area (TPSA) is 80.2 Å². The van der Waals surface area contributed by atoms with Crippen LogP contribution >= 0.6 is 0 Å². The molecule has 2 heterocycles. The summed E-state index contributed by atoms with van der Waals surface area (Å²) >= 11 is 0. The Kier molecular flexibility index (Phi) is 4.11. The minimum Gasteiger partial charge on any atom is -0.495 e. The molecule has 0 saturated heterocycles. The fourth-order valence-electron chi connectivity index (χ4n) is 2.17. The highest BCUT2D eigenvalue weighted by molar-refractivity contribution is 5.78. The summed E-state index contributed by atoms with van der Waals surface area (Å²) in [5.74, 6) is 1.02. The second-order valence-electron chi connectivity index (χ2n) is 4.74. The molecule has 6 heteroatoms. The second-order valence-corrected chi connectivity index (χ2v) is 4.74. The Morgan fingerprint density at radius 1 is 1.18 bits per heavy atom. The SMILES string of the molecule is COc1cccnc1C(O)CNc1ncc2ccccc2n1. The lowest BCUT2D eigenvalue weighted by atomic mass is 10.2. The molecule has 1 aromatic carbocycles. The van der Waals surface area contributed by atoms with Crippen LogP contribution in [0.4, 0.5) is 5.95 Å². The van der Waals surface area contributed by atoms with Crippen molar-refractivity contribution in [3.8, 4) is 5.75 Å². The molecular formula is C16H16N4O2. The summed E-state index contributed by atoms with van der Waals surface area (Å²) in [6, 6.07) is 11.3. The lowest BCUT2D eigenvalue weighted by Gasteiger charge is -2.14. The van der Waals surface area contributed by atoms with Crippen LogP contribution in [0.2, 0.25) is 0 Å². The zero-order valence-electron chi connectivity index (χ0n) is 12.1. The maximum atomic E-state index is 10.2. The average Bonchev–Trinajstić information content (AvgIpc) is 2.59. The van der Waals surface area contributed by atoms with E-state index >= 15 is 0 Å². The monoisotopic (exact) mass is 296 g/mol. The molecule has 0 amide bonds. The Morgan fingerprint density at radius 3 is 2.91 bits per heavy atom. The van der Waals surface area contributed by atoms with Gasteiger partial charge in [0.05, 0.1) is 12.6 Å². The van der Waals surface area contributed by atoms with E-state index < -0.39 is 6.10 Å². The summed E-state index contributed by atoms with van der Waals surface area (Å²) in [6.07, 6.45) is 2.55. The smallest absolute Gasteiger partial charge is 0.223 e. The molecule has 2 N–H and O–H groups in total. The van der Waals surface area contributed by atoms with Crippen molar-refractivity contribution in [2.24, 2.45) is 0 Å². The van der Waals surface area contributed by atoms with Crippen LogP contribution < -0.4 is 10.1 Å². The van der Waals surface area contributed by atoms with Crippen LogP contribution in [0, 0.1) is 0 Å². The number of nitrogens with one attached hydrogen (secondary N) is 1. The number of hydrogen-bond acceptors (Lipinski definition) is 6. The van der Waals surface area contributed by atoms with Gasteiger partial charge in [0.15, 0.2) is 0 Å². The first-order valence-corrected chi connectivity index (χ1v) is 6.90. The molecule has 6 nitrogen and oxygen atoms in total. The number of rotatable bonds is 5. The molecule has 112 valence electrons. The molecule has 0 fully saturated rings. The lowest BCUT2D eigenvalue weighted by molar-refractivity contribution is 0.181. The van der Waals surface area contributed by atoms with Gasteiger partial charge in [-0.15, -0.1) is 0 Å². The highest BCUT2D eigenvalue weighted by Gasteiger charge is 2.14. The summed E-state index contributed by atoms with van der Waals surface area (Å²) < 4.78 is 5.19. The molecular weight excluding hydrogens is 280 g/mol. The van der Waals surface area contributed by atoms with Crippen molar-refractivity contribution in [3.05, 3.63) is 54.5 Å². The molecule has 0 aliphatic heterocycles. The highest BCUT2D eigenvalue weighted by Crippen LogP contribution is 2.22. The van der Waals surface area contributed by atoms with Crippen LogP contribution in [0.15, 0.2) is 48.8 Å². The van der Waals surface area contributed by atoms with Crippen molar-refractivity contribution in [2.45, 2.75) is 6.10 Å². The molecule has 0 aliphatic carbocycles. The van der Waals surface area contributed by atoms with E-state index in [9.17, 15) is 5.11 Å². The number of aliphatic hydroxyl groups is 1. The maximum absolute atomic E-state index is 10.2. The number of anilines is 1. The fraction of sp³-hybridized carbons (Fsp3) is 0.188. The number of nitrogens with zero attached hydrogens (tertiary/aromatic N) is 3. The van der Waals surface area contributed by atoms with E-state index in [2.05, 4.69) is 20.3 Å². The number of pyridine rings is 1. The third-order valence-electron chi connectivity index (χ3n) is 3.28. The first kappa shape index (κ1) is 14.2. The third-order valence-corrected chi connectivity index (χ3v) is 3.28. The number of aliphatic hydroxyl groups excluding tert-OH is 1. The average molecular weight is 296 g/mol. The molecule has 3 rings (SSSR count). The van der Waals surface area contributed by atoms with Gasteiger partial charge in [0, 0.05) is 24.3 Å². The number of methoxy groups -OCH3 is 1. The first-order chi connectivity index (χ1) is 10.8.